The van der Waals surface area contributed by atoms with Gasteiger partial charge in [-0.1, -0.05) is 48.5 Å². The molecule has 0 bridgehead atoms. The number of nitrogens with zero attached hydrogens (tertiary/aromatic N) is 2. The lowest BCUT2D eigenvalue weighted by molar-refractivity contribution is 0.102. The third-order valence-corrected chi connectivity index (χ3v) is 6.57. The molecule has 1 amide bonds. The second-order valence-corrected chi connectivity index (χ2v) is 8.41. The van der Waals surface area contributed by atoms with Crippen LogP contribution in [-0.4, -0.2) is 15.3 Å². The third-order valence-electron chi connectivity index (χ3n) is 3.76. The van der Waals surface area contributed by atoms with Crippen LogP contribution in [0.5, 0.6) is 0 Å². The molecule has 7 heteroatoms. The van der Waals surface area contributed by atoms with Crippen molar-refractivity contribution in [1.29, 1.82) is 0 Å². The summed E-state index contributed by atoms with van der Waals surface area (Å²) in [4.78, 5) is 19.4. The molecule has 134 valence electrons. The van der Waals surface area contributed by atoms with E-state index in [0.717, 1.165) is 16.2 Å². The molecule has 0 atom stereocenters. The van der Waals surface area contributed by atoms with Crippen LogP contribution in [-0.2, 0) is 5.75 Å². The average Bonchev–Trinajstić information content (AvgIpc) is 3.39. The molecule has 4 nitrogen and oxygen atoms in total. The molecule has 0 spiro atoms. The minimum Gasteiger partial charge on any atom is -0.297 e. The molecule has 2 aromatic heterocycles. The number of hydrogen-bond acceptors (Lipinski definition) is 6. The fourth-order valence-electron chi connectivity index (χ4n) is 2.47. The summed E-state index contributed by atoms with van der Waals surface area (Å²) in [5, 5.41) is 5.44. The molecule has 0 radical (unpaired) electrons. The van der Waals surface area contributed by atoms with Crippen LogP contribution >= 0.6 is 34.6 Å². The van der Waals surface area contributed by atoms with Crippen LogP contribution in [0.3, 0.4) is 0 Å². The number of carbonyl (C=O) groups excluding carboxylic acids is 1. The van der Waals surface area contributed by atoms with Crippen LogP contribution in [0.15, 0.2) is 77.0 Å². The van der Waals surface area contributed by atoms with Gasteiger partial charge in [0, 0.05) is 32.6 Å². The fourth-order valence-corrected chi connectivity index (χ4v) is 4.87. The normalized spacial score (nSPS) is 10.7. The zero-order chi connectivity index (χ0) is 18.5. The minimum atomic E-state index is -0.167. The Morgan fingerprint density at radius 2 is 1.81 bits per heavy atom. The van der Waals surface area contributed by atoms with Crippen molar-refractivity contribution in [2.75, 3.05) is 5.32 Å². The number of thiophene rings is 1. The molecular formula is C20H15N3OS3. The Hall–Kier alpha value is -2.48. The van der Waals surface area contributed by atoms with Gasteiger partial charge in [0.15, 0.2) is 5.82 Å². The smallest absolute Gasteiger partial charge is 0.258 e. The maximum absolute atomic E-state index is 12.8. The highest BCUT2D eigenvalue weighted by molar-refractivity contribution is 7.98. The lowest BCUT2D eigenvalue weighted by atomic mass is 10.2. The molecule has 0 saturated carbocycles. The second-order valence-electron chi connectivity index (χ2n) is 5.61. The SMILES string of the molecule is O=C(Nc1nc(-c2ccccc2)ns1)c1ccccc1SCc1cccs1. The van der Waals surface area contributed by atoms with Crippen LogP contribution in [0.4, 0.5) is 5.13 Å². The van der Waals surface area contributed by atoms with E-state index in [4.69, 9.17) is 0 Å². The minimum absolute atomic E-state index is 0.167. The first-order valence-electron chi connectivity index (χ1n) is 8.24. The van der Waals surface area contributed by atoms with Crippen molar-refractivity contribution < 1.29 is 4.79 Å². The fraction of sp³-hybridized carbons (Fsp3) is 0.0500. The van der Waals surface area contributed by atoms with Gasteiger partial charge in [-0.25, -0.2) is 0 Å². The Bertz CT molecular complexity index is 1030. The van der Waals surface area contributed by atoms with E-state index in [0.29, 0.717) is 16.5 Å². The van der Waals surface area contributed by atoms with Gasteiger partial charge >= 0.3 is 0 Å². The highest BCUT2D eigenvalue weighted by atomic mass is 32.2. The number of thioether (sulfide) groups is 1. The Balaban J connectivity index is 1.48. The summed E-state index contributed by atoms with van der Waals surface area (Å²) in [6.45, 7) is 0. The van der Waals surface area contributed by atoms with E-state index in [2.05, 4.69) is 26.1 Å². The number of nitrogens with one attached hydrogen (secondary N) is 1. The standard InChI is InChI=1S/C20H15N3OS3/c24-19(22-20-21-18(23-27-20)14-7-2-1-3-8-14)16-10-4-5-11-17(16)26-13-15-9-6-12-25-15/h1-12H,13H2,(H,21,22,23,24). The van der Waals surface area contributed by atoms with Crippen LogP contribution in [0, 0.1) is 0 Å². The van der Waals surface area contributed by atoms with Gasteiger partial charge in [-0.05, 0) is 23.6 Å². The van der Waals surface area contributed by atoms with Gasteiger partial charge in [0.25, 0.3) is 5.91 Å². The van der Waals surface area contributed by atoms with Gasteiger partial charge in [0.05, 0.1) is 5.56 Å². The largest absolute Gasteiger partial charge is 0.297 e. The van der Waals surface area contributed by atoms with E-state index in [1.807, 2.05) is 60.7 Å². The molecule has 4 rings (SSSR count). The van der Waals surface area contributed by atoms with E-state index < -0.39 is 0 Å². The number of hydrogen-bond donors (Lipinski definition) is 1. The first kappa shape index (κ1) is 17.9. The van der Waals surface area contributed by atoms with Crippen LogP contribution in [0.2, 0.25) is 0 Å². The lowest BCUT2D eigenvalue weighted by Crippen LogP contribution is -2.12. The lowest BCUT2D eigenvalue weighted by Gasteiger charge is -2.07. The third kappa shape index (κ3) is 4.44. The number of carbonyl (C=O) groups is 1. The monoisotopic (exact) mass is 409 g/mol. The maximum Gasteiger partial charge on any atom is 0.258 e. The number of anilines is 1. The first-order chi connectivity index (χ1) is 13.3. The number of rotatable bonds is 6. The summed E-state index contributed by atoms with van der Waals surface area (Å²) < 4.78 is 4.34. The van der Waals surface area contributed by atoms with Crippen molar-refractivity contribution in [3.8, 4) is 11.4 Å². The molecule has 0 unspecified atom stereocenters. The van der Waals surface area contributed by atoms with Crippen molar-refractivity contribution in [2.24, 2.45) is 0 Å². The van der Waals surface area contributed by atoms with Gasteiger partial charge < -0.3 is 0 Å². The molecule has 4 aromatic rings. The van der Waals surface area contributed by atoms with Gasteiger partial charge in [0.1, 0.15) is 0 Å². The van der Waals surface area contributed by atoms with Crippen LogP contribution < -0.4 is 5.32 Å². The summed E-state index contributed by atoms with van der Waals surface area (Å²) in [5.74, 6) is 1.30. The van der Waals surface area contributed by atoms with Gasteiger partial charge in [0.2, 0.25) is 5.13 Å². The molecule has 0 saturated heterocycles. The Morgan fingerprint density at radius 3 is 2.63 bits per heavy atom. The summed E-state index contributed by atoms with van der Waals surface area (Å²) >= 11 is 4.57. The highest BCUT2D eigenvalue weighted by Crippen LogP contribution is 2.29. The van der Waals surface area contributed by atoms with E-state index in [1.54, 1.807) is 23.1 Å². The van der Waals surface area contributed by atoms with Gasteiger partial charge in [-0.15, -0.1) is 23.1 Å². The van der Waals surface area contributed by atoms with E-state index in [9.17, 15) is 4.79 Å². The summed E-state index contributed by atoms with van der Waals surface area (Å²) in [5.41, 5.74) is 1.58. The average molecular weight is 410 g/mol. The molecule has 27 heavy (non-hydrogen) atoms. The van der Waals surface area contributed by atoms with Gasteiger partial charge in [-0.2, -0.15) is 9.36 Å². The summed E-state index contributed by atoms with van der Waals surface area (Å²) in [7, 11) is 0. The van der Waals surface area contributed by atoms with E-state index >= 15 is 0 Å². The molecule has 2 aromatic carbocycles. The van der Waals surface area contributed by atoms with E-state index in [-0.39, 0.29) is 5.91 Å². The van der Waals surface area contributed by atoms with Crippen molar-refractivity contribution in [3.05, 3.63) is 82.6 Å². The summed E-state index contributed by atoms with van der Waals surface area (Å²) in [6, 6.07) is 21.5. The molecular weight excluding hydrogens is 394 g/mol. The predicted octanol–water partition coefficient (Wildman–Crippen LogP) is 5.81. The first-order valence-corrected chi connectivity index (χ1v) is 10.9. The highest BCUT2D eigenvalue weighted by Gasteiger charge is 2.14. The number of aromatic nitrogens is 2. The topological polar surface area (TPSA) is 54.9 Å². The molecule has 2 heterocycles. The molecule has 0 aliphatic carbocycles. The van der Waals surface area contributed by atoms with Gasteiger partial charge in [-0.3, -0.25) is 10.1 Å². The quantitative estimate of drug-likeness (QED) is 0.408. The Kier molecular flexibility index (Phi) is 5.62. The molecule has 1 N–H and O–H groups in total. The van der Waals surface area contributed by atoms with E-state index in [1.165, 1.54) is 16.4 Å². The second kappa shape index (κ2) is 8.47. The number of amides is 1. The molecule has 0 fully saturated rings. The van der Waals surface area contributed by atoms with Crippen molar-refractivity contribution >= 4 is 45.7 Å². The zero-order valence-corrected chi connectivity index (χ0v) is 16.6. The zero-order valence-electron chi connectivity index (χ0n) is 14.2. The number of benzene rings is 2. The van der Waals surface area contributed by atoms with Crippen molar-refractivity contribution in [1.82, 2.24) is 9.36 Å². The maximum atomic E-state index is 12.8. The summed E-state index contributed by atoms with van der Waals surface area (Å²) in [6.07, 6.45) is 0. The Morgan fingerprint density at radius 1 is 1.00 bits per heavy atom. The van der Waals surface area contributed by atoms with Crippen LogP contribution in [0.1, 0.15) is 15.2 Å². The molecule has 0 aliphatic heterocycles. The van der Waals surface area contributed by atoms with Crippen molar-refractivity contribution in [3.63, 3.8) is 0 Å². The molecule has 0 aliphatic rings. The Labute approximate surface area is 169 Å². The van der Waals surface area contributed by atoms with Crippen molar-refractivity contribution in [2.45, 2.75) is 10.6 Å². The predicted molar refractivity (Wildman–Crippen MR) is 114 cm³/mol. The van der Waals surface area contributed by atoms with Crippen LogP contribution in [0.25, 0.3) is 11.4 Å².